The number of ether oxygens (including phenoxy) is 2. The smallest absolute Gasteiger partial charge is 0.0687 e. The summed E-state index contributed by atoms with van der Waals surface area (Å²) in [6.45, 7) is 13.3. The molecule has 3 N–H and O–H groups in total. The summed E-state index contributed by atoms with van der Waals surface area (Å²) in [7, 11) is 1.71. The molecule has 1 saturated heterocycles. The lowest BCUT2D eigenvalue weighted by Gasteiger charge is -2.14. The molecule has 0 aliphatic carbocycles. The maximum atomic E-state index is 5.14. The van der Waals surface area contributed by atoms with Crippen LogP contribution in [0.1, 0.15) is 28.2 Å². The van der Waals surface area contributed by atoms with E-state index in [0.717, 1.165) is 31.9 Å². The van der Waals surface area contributed by atoms with Gasteiger partial charge in [-0.05, 0) is 26.3 Å². The zero-order valence-corrected chi connectivity index (χ0v) is 10.4. The van der Waals surface area contributed by atoms with Crippen LogP contribution in [0, 0.1) is 0 Å². The van der Waals surface area contributed by atoms with E-state index in [-0.39, 0.29) is 18.5 Å². The van der Waals surface area contributed by atoms with Gasteiger partial charge in [-0.25, -0.2) is 0 Å². The molecule has 100 valence electrons. The second kappa shape index (κ2) is 11.1. The SMILES string of the molecule is C.C=C1CNCCOC1.COC(C)(C)C.O. The highest BCUT2D eigenvalue weighted by molar-refractivity contribution is 4.97. The molecule has 0 amide bonds. The molecule has 1 fully saturated rings. The molecule has 16 heavy (non-hydrogen) atoms. The van der Waals surface area contributed by atoms with Crippen LogP contribution < -0.4 is 5.32 Å². The summed E-state index contributed by atoms with van der Waals surface area (Å²) in [5.41, 5.74) is 1.18. The van der Waals surface area contributed by atoms with Crippen molar-refractivity contribution < 1.29 is 14.9 Å². The highest BCUT2D eigenvalue weighted by Crippen LogP contribution is 2.02. The van der Waals surface area contributed by atoms with Crippen LogP contribution in [-0.4, -0.2) is 44.5 Å². The van der Waals surface area contributed by atoms with Gasteiger partial charge < -0.3 is 20.3 Å². The third-order valence-corrected chi connectivity index (χ3v) is 1.72. The Hall–Kier alpha value is -0.420. The number of hydrogen-bond acceptors (Lipinski definition) is 3. The lowest BCUT2D eigenvalue weighted by atomic mass is 10.2. The molecule has 0 unspecified atom stereocenters. The van der Waals surface area contributed by atoms with Gasteiger partial charge in [0.05, 0.1) is 18.8 Å². The van der Waals surface area contributed by atoms with E-state index in [1.165, 1.54) is 0 Å². The third kappa shape index (κ3) is 16.0. The van der Waals surface area contributed by atoms with Crippen molar-refractivity contribution in [1.29, 1.82) is 0 Å². The first-order valence-corrected chi connectivity index (χ1v) is 4.96. The summed E-state index contributed by atoms with van der Waals surface area (Å²) < 4.78 is 10.1. The zero-order chi connectivity index (χ0) is 11.0. The van der Waals surface area contributed by atoms with Gasteiger partial charge in [0.15, 0.2) is 0 Å². The maximum absolute atomic E-state index is 5.14. The van der Waals surface area contributed by atoms with Crippen molar-refractivity contribution in [3.05, 3.63) is 12.2 Å². The molecular weight excluding hydrogens is 206 g/mol. The van der Waals surface area contributed by atoms with Crippen LogP contribution in [0.25, 0.3) is 0 Å². The molecule has 1 aliphatic heterocycles. The third-order valence-electron chi connectivity index (χ3n) is 1.72. The standard InChI is InChI=1S/C6H11NO.C5H12O.CH4.H2O/c1-6-4-7-2-3-8-5-6;1-5(2,3)6-4;;/h7H,1-5H2;1-4H3;1H4;1H2. The summed E-state index contributed by atoms with van der Waals surface area (Å²) in [5, 5.41) is 3.17. The minimum Gasteiger partial charge on any atom is -0.412 e. The molecule has 0 saturated carbocycles. The number of hydrogen-bond donors (Lipinski definition) is 1. The van der Waals surface area contributed by atoms with E-state index in [0.29, 0.717) is 0 Å². The molecule has 1 rings (SSSR count). The molecule has 0 atom stereocenters. The van der Waals surface area contributed by atoms with Gasteiger partial charge in [0.2, 0.25) is 0 Å². The second-order valence-electron chi connectivity index (χ2n) is 4.30. The Kier molecular flexibility index (Phi) is 14.5. The topological polar surface area (TPSA) is 62.0 Å². The van der Waals surface area contributed by atoms with E-state index in [1.807, 2.05) is 20.8 Å². The summed E-state index contributed by atoms with van der Waals surface area (Å²) in [6, 6.07) is 0. The van der Waals surface area contributed by atoms with Gasteiger partial charge >= 0.3 is 0 Å². The van der Waals surface area contributed by atoms with Crippen molar-refractivity contribution in [3.8, 4) is 0 Å². The molecular formula is C12H29NO3. The summed E-state index contributed by atoms with van der Waals surface area (Å²) in [4.78, 5) is 0. The average Bonchev–Trinajstić information content (AvgIpc) is 2.32. The molecule has 0 bridgehead atoms. The van der Waals surface area contributed by atoms with Gasteiger partial charge in [0, 0.05) is 20.2 Å². The van der Waals surface area contributed by atoms with Gasteiger partial charge in [-0.1, -0.05) is 14.0 Å². The second-order valence-corrected chi connectivity index (χ2v) is 4.30. The predicted molar refractivity (Wildman–Crippen MR) is 69.9 cm³/mol. The van der Waals surface area contributed by atoms with Crippen molar-refractivity contribution in [2.45, 2.75) is 33.8 Å². The van der Waals surface area contributed by atoms with E-state index in [9.17, 15) is 0 Å². The minimum absolute atomic E-state index is 0. The highest BCUT2D eigenvalue weighted by atomic mass is 16.5. The molecule has 0 aromatic heterocycles. The van der Waals surface area contributed by atoms with E-state index in [4.69, 9.17) is 9.47 Å². The summed E-state index contributed by atoms with van der Waals surface area (Å²) in [5.74, 6) is 0. The van der Waals surface area contributed by atoms with Crippen LogP contribution in [-0.2, 0) is 9.47 Å². The molecule has 0 aromatic rings. The van der Waals surface area contributed by atoms with Gasteiger partial charge in [0.1, 0.15) is 0 Å². The molecule has 0 spiro atoms. The molecule has 0 radical (unpaired) electrons. The molecule has 4 nitrogen and oxygen atoms in total. The van der Waals surface area contributed by atoms with E-state index in [2.05, 4.69) is 11.9 Å². The summed E-state index contributed by atoms with van der Waals surface area (Å²) >= 11 is 0. The number of methoxy groups -OCH3 is 1. The molecule has 1 aliphatic rings. The first-order chi connectivity index (χ1) is 6.45. The zero-order valence-electron chi connectivity index (χ0n) is 10.4. The fourth-order valence-corrected chi connectivity index (χ4v) is 0.677. The Morgan fingerprint density at radius 2 is 1.88 bits per heavy atom. The van der Waals surface area contributed by atoms with Gasteiger partial charge in [0.25, 0.3) is 0 Å². The van der Waals surface area contributed by atoms with Crippen molar-refractivity contribution in [2.75, 3.05) is 33.4 Å². The van der Waals surface area contributed by atoms with Crippen molar-refractivity contribution in [3.63, 3.8) is 0 Å². The average molecular weight is 235 g/mol. The first kappa shape index (κ1) is 20.9. The Bertz CT molecular complexity index is 154. The number of rotatable bonds is 0. The normalized spacial score (nSPS) is 15.9. The lowest BCUT2D eigenvalue weighted by Crippen LogP contribution is -2.16. The van der Waals surface area contributed by atoms with Crippen molar-refractivity contribution >= 4 is 0 Å². The van der Waals surface area contributed by atoms with Crippen LogP contribution in [0.3, 0.4) is 0 Å². The predicted octanol–water partition coefficient (Wildman–Crippen LogP) is 1.41. The highest BCUT2D eigenvalue weighted by Gasteiger charge is 2.04. The van der Waals surface area contributed by atoms with E-state index >= 15 is 0 Å². The maximum Gasteiger partial charge on any atom is 0.0687 e. The van der Waals surface area contributed by atoms with Crippen LogP contribution in [0.15, 0.2) is 12.2 Å². The number of nitrogens with one attached hydrogen (secondary N) is 1. The van der Waals surface area contributed by atoms with E-state index < -0.39 is 0 Å². The lowest BCUT2D eigenvalue weighted by molar-refractivity contribution is 0.0397. The Balaban J connectivity index is -0.000000195. The fraction of sp³-hybridized carbons (Fsp3) is 0.833. The van der Waals surface area contributed by atoms with Gasteiger partial charge in [-0.3, -0.25) is 0 Å². The monoisotopic (exact) mass is 235 g/mol. The first-order valence-electron chi connectivity index (χ1n) is 4.96. The van der Waals surface area contributed by atoms with Gasteiger partial charge in [-0.15, -0.1) is 0 Å². The fourth-order valence-electron chi connectivity index (χ4n) is 0.677. The largest absolute Gasteiger partial charge is 0.412 e. The van der Waals surface area contributed by atoms with Crippen LogP contribution in [0.2, 0.25) is 0 Å². The van der Waals surface area contributed by atoms with Gasteiger partial charge in [-0.2, -0.15) is 0 Å². The molecule has 1 heterocycles. The van der Waals surface area contributed by atoms with Crippen LogP contribution >= 0.6 is 0 Å². The van der Waals surface area contributed by atoms with Crippen LogP contribution in [0.5, 0.6) is 0 Å². The molecule has 0 aromatic carbocycles. The minimum atomic E-state index is 0. The quantitative estimate of drug-likeness (QED) is 0.646. The van der Waals surface area contributed by atoms with Crippen molar-refractivity contribution in [1.82, 2.24) is 5.32 Å². The van der Waals surface area contributed by atoms with Crippen molar-refractivity contribution in [2.24, 2.45) is 0 Å². The molecule has 4 heteroatoms. The Labute approximate surface area is 100 Å². The Morgan fingerprint density at radius 3 is 2.31 bits per heavy atom. The van der Waals surface area contributed by atoms with Crippen LogP contribution in [0.4, 0.5) is 0 Å². The van der Waals surface area contributed by atoms with E-state index in [1.54, 1.807) is 7.11 Å². The Morgan fingerprint density at radius 1 is 1.38 bits per heavy atom. The summed E-state index contributed by atoms with van der Waals surface area (Å²) in [6.07, 6.45) is 0.